The summed E-state index contributed by atoms with van der Waals surface area (Å²) >= 11 is 2.94. The van der Waals surface area contributed by atoms with Gasteiger partial charge in [-0.15, -0.1) is 21.5 Å². The Morgan fingerprint density at radius 2 is 1.94 bits per heavy atom. The molecule has 9 heteroatoms. The molecule has 2 aromatic carbocycles. The number of rotatable bonds is 5. The minimum Gasteiger partial charge on any atom is -0.337 e. The molecule has 3 heterocycles. The molecule has 0 bridgehead atoms. The lowest BCUT2D eigenvalue weighted by Crippen LogP contribution is -2.39. The highest BCUT2D eigenvalue weighted by Crippen LogP contribution is 2.33. The van der Waals surface area contributed by atoms with Crippen molar-refractivity contribution >= 4 is 29.0 Å². The van der Waals surface area contributed by atoms with Gasteiger partial charge in [-0.05, 0) is 42.5 Å². The van der Waals surface area contributed by atoms with Crippen molar-refractivity contribution in [2.45, 2.75) is 30.3 Å². The van der Waals surface area contributed by atoms with Crippen LogP contribution < -0.4 is 0 Å². The number of thioether (sulfide) groups is 1. The van der Waals surface area contributed by atoms with E-state index in [9.17, 15) is 13.6 Å². The SMILES string of the molecule is CC(Sc1nnc(-c2ccccc2)n1-c1ccc(F)cc1F)C(=O)N1CCc2sccc2C1. The highest BCUT2D eigenvalue weighted by Gasteiger charge is 2.28. The average Bonchev–Trinajstić information content (AvgIpc) is 3.46. The zero-order valence-electron chi connectivity index (χ0n) is 17.7. The summed E-state index contributed by atoms with van der Waals surface area (Å²) in [5.74, 6) is -0.980. The average molecular weight is 483 g/mol. The number of amides is 1. The second kappa shape index (κ2) is 9.07. The van der Waals surface area contributed by atoms with Crippen molar-refractivity contribution in [1.29, 1.82) is 0 Å². The first-order valence-electron chi connectivity index (χ1n) is 10.5. The lowest BCUT2D eigenvalue weighted by atomic mass is 10.1. The van der Waals surface area contributed by atoms with Crippen LogP contribution in [0.3, 0.4) is 0 Å². The Morgan fingerprint density at radius 1 is 1.12 bits per heavy atom. The Labute approximate surface area is 198 Å². The van der Waals surface area contributed by atoms with Gasteiger partial charge in [0, 0.05) is 29.6 Å². The summed E-state index contributed by atoms with van der Waals surface area (Å²) in [7, 11) is 0. The van der Waals surface area contributed by atoms with Gasteiger partial charge in [0.2, 0.25) is 5.91 Å². The highest BCUT2D eigenvalue weighted by atomic mass is 32.2. The summed E-state index contributed by atoms with van der Waals surface area (Å²) in [6.07, 6.45) is 0.852. The summed E-state index contributed by atoms with van der Waals surface area (Å²) in [4.78, 5) is 16.4. The molecule has 0 fully saturated rings. The molecule has 4 aromatic rings. The fourth-order valence-electron chi connectivity index (χ4n) is 3.90. The fourth-order valence-corrected chi connectivity index (χ4v) is 5.74. The molecule has 0 N–H and O–H groups in total. The minimum atomic E-state index is -0.728. The maximum atomic E-state index is 14.8. The molecule has 0 aliphatic carbocycles. The fraction of sp³-hybridized carbons (Fsp3) is 0.208. The number of aromatic nitrogens is 3. The van der Waals surface area contributed by atoms with E-state index in [4.69, 9.17) is 0 Å². The lowest BCUT2D eigenvalue weighted by molar-refractivity contribution is -0.131. The summed E-state index contributed by atoms with van der Waals surface area (Å²) in [6.45, 7) is 3.08. The molecule has 2 aromatic heterocycles. The molecule has 0 saturated carbocycles. The van der Waals surface area contributed by atoms with Gasteiger partial charge >= 0.3 is 0 Å². The molecule has 168 valence electrons. The monoisotopic (exact) mass is 482 g/mol. The third kappa shape index (κ3) is 4.30. The molecule has 5 rings (SSSR count). The standard InChI is InChI=1S/C24H20F2N4OS2/c1-15(23(31)29-11-9-21-17(14-29)10-12-32-21)33-24-28-27-22(16-5-3-2-4-6-16)30(24)20-8-7-18(25)13-19(20)26/h2-8,10,12-13,15H,9,11,14H2,1H3. The smallest absolute Gasteiger partial charge is 0.236 e. The summed E-state index contributed by atoms with van der Waals surface area (Å²) in [6, 6.07) is 14.7. The molecule has 1 aliphatic heterocycles. The molecular formula is C24H20F2N4OS2. The van der Waals surface area contributed by atoms with Crippen molar-refractivity contribution in [2.24, 2.45) is 0 Å². The molecule has 1 unspecified atom stereocenters. The van der Waals surface area contributed by atoms with Gasteiger partial charge < -0.3 is 4.90 Å². The Hall–Kier alpha value is -3.04. The van der Waals surface area contributed by atoms with Gasteiger partial charge in [-0.3, -0.25) is 9.36 Å². The Balaban J connectivity index is 1.47. The van der Waals surface area contributed by atoms with E-state index in [1.54, 1.807) is 15.9 Å². The normalized spacial score (nSPS) is 14.2. The van der Waals surface area contributed by atoms with Crippen LogP contribution in [0.4, 0.5) is 8.78 Å². The van der Waals surface area contributed by atoms with E-state index in [0.29, 0.717) is 24.1 Å². The molecule has 1 atom stereocenters. The van der Waals surface area contributed by atoms with Crippen LogP contribution >= 0.6 is 23.1 Å². The number of benzene rings is 2. The number of hydrogen-bond donors (Lipinski definition) is 0. The van der Waals surface area contributed by atoms with E-state index < -0.39 is 16.9 Å². The molecular weight excluding hydrogens is 462 g/mol. The molecule has 33 heavy (non-hydrogen) atoms. The number of nitrogens with zero attached hydrogens (tertiary/aromatic N) is 4. The molecule has 5 nitrogen and oxygen atoms in total. The van der Waals surface area contributed by atoms with E-state index in [1.165, 1.54) is 34.3 Å². The van der Waals surface area contributed by atoms with Crippen molar-refractivity contribution in [2.75, 3.05) is 6.54 Å². The molecule has 0 radical (unpaired) electrons. The first-order chi connectivity index (χ1) is 16.0. The predicted molar refractivity (Wildman–Crippen MR) is 125 cm³/mol. The van der Waals surface area contributed by atoms with E-state index in [2.05, 4.69) is 21.6 Å². The van der Waals surface area contributed by atoms with Crippen LogP contribution in [0.25, 0.3) is 17.1 Å². The van der Waals surface area contributed by atoms with Crippen molar-refractivity contribution in [3.63, 3.8) is 0 Å². The first-order valence-corrected chi connectivity index (χ1v) is 12.2. The van der Waals surface area contributed by atoms with Crippen molar-refractivity contribution < 1.29 is 13.6 Å². The Bertz CT molecular complexity index is 1310. The first kappa shape index (κ1) is 21.8. The van der Waals surface area contributed by atoms with Gasteiger partial charge in [-0.2, -0.15) is 0 Å². The number of carbonyl (C=O) groups is 1. The lowest BCUT2D eigenvalue weighted by Gasteiger charge is -2.29. The second-order valence-electron chi connectivity index (χ2n) is 7.74. The Kier molecular flexibility index (Phi) is 5.99. The van der Waals surface area contributed by atoms with Gasteiger partial charge in [0.1, 0.15) is 11.6 Å². The van der Waals surface area contributed by atoms with Crippen LogP contribution in [0.1, 0.15) is 17.4 Å². The van der Waals surface area contributed by atoms with E-state index in [1.807, 2.05) is 42.2 Å². The van der Waals surface area contributed by atoms with Crippen LogP contribution in [0.15, 0.2) is 65.1 Å². The number of halogens is 2. The third-order valence-corrected chi connectivity index (χ3v) is 7.62. The Morgan fingerprint density at radius 3 is 2.73 bits per heavy atom. The van der Waals surface area contributed by atoms with E-state index in [-0.39, 0.29) is 11.6 Å². The zero-order chi connectivity index (χ0) is 22.9. The van der Waals surface area contributed by atoms with Crippen LogP contribution in [0, 0.1) is 11.6 Å². The number of fused-ring (bicyclic) bond motifs is 1. The highest BCUT2D eigenvalue weighted by molar-refractivity contribution is 8.00. The predicted octanol–water partition coefficient (Wildman–Crippen LogP) is 5.34. The topological polar surface area (TPSA) is 51.0 Å². The minimum absolute atomic E-state index is 0.00719. The van der Waals surface area contributed by atoms with Crippen LogP contribution in [-0.4, -0.2) is 37.4 Å². The second-order valence-corrected chi connectivity index (χ2v) is 10.1. The largest absolute Gasteiger partial charge is 0.337 e. The van der Waals surface area contributed by atoms with Crippen molar-refractivity contribution in [1.82, 2.24) is 19.7 Å². The number of thiophene rings is 1. The summed E-state index contributed by atoms with van der Waals surface area (Å²) in [5, 5.41) is 10.5. The van der Waals surface area contributed by atoms with Crippen molar-refractivity contribution in [3.05, 3.63) is 82.1 Å². The van der Waals surface area contributed by atoms with Crippen LogP contribution in [0.2, 0.25) is 0 Å². The van der Waals surface area contributed by atoms with Gasteiger partial charge in [-0.1, -0.05) is 42.1 Å². The quantitative estimate of drug-likeness (QED) is 0.361. The van der Waals surface area contributed by atoms with Gasteiger partial charge in [0.25, 0.3) is 0 Å². The van der Waals surface area contributed by atoms with E-state index >= 15 is 0 Å². The third-order valence-electron chi connectivity index (χ3n) is 5.57. The molecule has 0 spiro atoms. The molecule has 1 aliphatic rings. The van der Waals surface area contributed by atoms with Crippen molar-refractivity contribution in [3.8, 4) is 17.1 Å². The summed E-state index contributed by atoms with van der Waals surface area (Å²) < 4.78 is 29.9. The number of carbonyl (C=O) groups excluding carboxylic acids is 1. The zero-order valence-corrected chi connectivity index (χ0v) is 19.4. The maximum Gasteiger partial charge on any atom is 0.236 e. The van der Waals surface area contributed by atoms with Crippen LogP contribution in [-0.2, 0) is 17.8 Å². The van der Waals surface area contributed by atoms with E-state index in [0.717, 1.165) is 18.1 Å². The van der Waals surface area contributed by atoms with Gasteiger partial charge in [-0.25, -0.2) is 8.78 Å². The van der Waals surface area contributed by atoms with Gasteiger partial charge in [0.15, 0.2) is 11.0 Å². The van der Waals surface area contributed by atoms with Crippen LogP contribution in [0.5, 0.6) is 0 Å². The molecule has 0 saturated heterocycles. The van der Waals surface area contributed by atoms with Gasteiger partial charge in [0.05, 0.1) is 10.9 Å². The maximum absolute atomic E-state index is 14.8. The molecule has 1 amide bonds. The number of hydrogen-bond acceptors (Lipinski definition) is 5. The summed E-state index contributed by atoms with van der Waals surface area (Å²) in [5.41, 5.74) is 2.06.